The summed E-state index contributed by atoms with van der Waals surface area (Å²) in [5.74, 6) is 0.0176. The number of phenolic OH excluding ortho intramolecular Hbond substituents is 1. The second kappa shape index (κ2) is 6.33. The van der Waals surface area contributed by atoms with E-state index < -0.39 is 0 Å². The van der Waals surface area contributed by atoms with Crippen molar-refractivity contribution in [2.45, 2.75) is 6.92 Å². The smallest absolute Gasteiger partial charge is 0.299 e. The number of azo groups is 1. The van der Waals surface area contributed by atoms with Gasteiger partial charge in [0.05, 0.1) is 11.4 Å². The highest BCUT2D eigenvalue weighted by atomic mass is 16.3. The molecule has 0 fully saturated rings. The van der Waals surface area contributed by atoms with Crippen LogP contribution in [0.2, 0.25) is 0 Å². The van der Waals surface area contributed by atoms with Gasteiger partial charge in [-0.15, -0.1) is 10.2 Å². The van der Waals surface area contributed by atoms with Crippen molar-refractivity contribution in [3.63, 3.8) is 0 Å². The first-order chi connectivity index (χ1) is 12.6. The zero-order chi connectivity index (χ0) is 18.1. The highest BCUT2D eigenvalue weighted by Crippen LogP contribution is 2.35. The van der Waals surface area contributed by atoms with Gasteiger partial charge in [0.15, 0.2) is 5.69 Å². The molecule has 0 bridgehead atoms. The normalized spacial score (nSPS) is 11.4. The van der Waals surface area contributed by atoms with E-state index in [9.17, 15) is 9.90 Å². The Hall–Kier alpha value is -3.67. The average Bonchev–Trinajstić information content (AvgIpc) is 2.96. The molecule has 2 N–H and O–H groups in total. The molecule has 0 saturated heterocycles. The molecule has 0 atom stereocenters. The molecule has 4 rings (SSSR count). The van der Waals surface area contributed by atoms with Gasteiger partial charge in [0.1, 0.15) is 11.4 Å². The van der Waals surface area contributed by atoms with Gasteiger partial charge < -0.3 is 5.11 Å². The predicted octanol–water partition coefficient (Wildman–Crippen LogP) is 4.75. The lowest BCUT2D eigenvalue weighted by atomic mass is 10.1. The number of nitrogens with zero attached hydrogens (tertiary/aromatic N) is 3. The van der Waals surface area contributed by atoms with Gasteiger partial charge in [-0.3, -0.25) is 9.89 Å². The molecule has 1 heterocycles. The first kappa shape index (κ1) is 15.8. The molecule has 4 aromatic rings. The van der Waals surface area contributed by atoms with Crippen molar-refractivity contribution in [3.8, 4) is 11.4 Å². The standard InChI is InChI=1S/C20H16N4O2/c1-13-18(20(26)24(23-13)15-8-3-2-4-9-15)21-22-19-16-10-6-5-7-14(16)11-12-17(19)25/h2-12,23,25H,1H3. The first-order valence-electron chi connectivity index (χ1n) is 8.14. The molecule has 6 heteroatoms. The van der Waals surface area contributed by atoms with Crippen molar-refractivity contribution in [1.29, 1.82) is 0 Å². The van der Waals surface area contributed by atoms with Crippen molar-refractivity contribution >= 4 is 22.1 Å². The van der Waals surface area contributed by atoms with Crippen molar-refractivity contribution in [2.75, 3.05) is 0 Å². The van der Waals surface area contributed by atoms with E-state index in [4.69, 9.17) is 0 Å². The third-order valence-electron chi connectivity index (χ3n) is 4.18. The number of aryl methyl sites for hydroxylation is 1. The minimum absolute atomic E-state index is 0.0176. The fraction of sp³-hybridized carbons (Fsp3) is 0.0500. The minimum Gasteiger partial charge on any atom is -0.506 e. The number of nitrogens with one attached hydrogen (secondary N) is 1. The summed E-state index contributed by atoms with van der Waals surface area (Å²) in [7, 11) is 0. The molecule has 128 valence electrons. The van der Waals surface area contributed by atoms with E-state index in [-0.39, 0.29) is 17.0 Å². The number of hydrogen-bond donors (Lipinski definition) is 2. The number of rotatable bonds is 3. The van der Waals surface area contributed by atoms with Crippen LogP contribution in [0.3, 0.4) is 0 Å². The Morgan fingerprint density at radius 1 is 0.885 bits per heavy atom. The lowest BCUT2D eigenvalue weighted by Gasteiger charge is -2.03. The second-order valence-electron chi connectivity index (χ2n) is 5.92. The SMILES string of the molecule is Cc1[nH]n(-c2ccccc2)c(=O)c1N=Nc1c(O)ccc2ccccc12. The van der Waals surface area contributed by atoms with E-state index in [2.05, 4.69) is 15.3 Å². The van der Waals surface area contributed by atoms with Crippen LogP contribution in [0, 0.1) is 6.92 Å². The van der Waals surface area contributed by atoms with E-state index in [1.165, 1.54) is 4.68 Å². The highest BCUT2D eigenvalue weighted by molar-refractivity contribution is 5.95. The van der Waals surface area contributed by atoms with Gasteiger partial charge in [-0.2, -0.15) is 0 Å². The average molecular weight is 344 g/mol. The molecule has 0 aliphatic carbocycles. The fourth-order valence-corrected chi connectivity index (χ4v) is 2.86. The summed E-state index contributed by atoms with van der Waals surface area (Å²) in [5, 5.41) is 23.2. The maximum absolute atomic E-state index is 12.7. The summed E-state index contributed by atoms with van der Waals surface area (Å²) in [4.78, 5) is 12.7. The van der Waals surface area contributed by atoms with Crippen LogP contribution in [-0.4, -0.2) is 14.9 Å². The molecule has 0 amide bonds. The summed E-state index contributed by atoms with van der Waals surface area (Å²) in [6.45, 7) is 1.76. The maximum atomic E-state index is 12.7. The molecule has 3 aromatic carbocycles. The summed E-state index contributed by atoms with van der Waals surface area (Å²) in [5.41, 5.74) is 1.57. The van der Waals surface area contributed by atoms with E-state index >= 15 is 0 Å². The molecular formula is C20H16N4O2. The number of fused-ring (bicyclic) bond motifs is 1. The Labute approximate surface area is 149 Å². The number of para-hydroxylation sites is 1. The van der Waals surface area contributed by atoms with Crippen LogP contribution < -0.4 is 5.56 Å². The van der Waals surface area contributed by atoms with Crippen molar-refractivity contribution in [1.82, 2.24) is 9.78 Å². The lowest BCUT2D eigenvalue weighted by molar-refractivity contribution is 0.477. The van der Waals surface area contributed by atoms with Crippen LogP contribution >= 0.6 is 0 Å². The van der Waals surface area contributed by atoms with Gasteiger partial charge in [0.2, 0.25) is 0 Å². The molecule has 0 aliphatic rings. The Kier molecular flexibility index (Phi) is 3.85. The van der Waals surface area contributed by atoms with E-state index in [0.717, 1.165) is 16.5 Å². The zero-order valence-electron chi connectivity index (χ0n) is 14.0. The van der Waals surface area contributed by atoms with Gasteiger partial charge in [-0.05, 0) is 30.5 Å². The number of aromatic nitrogens is 2. The zero-order valence-corrected chi connectivity index (χ0v) is 14.0. The number of aromatic amines is 1. The van der Waals surface area contributed by atoms with Crippen LogP contribution in [0.4, 0.5) is 11.4 Å². The number of H-pyrrole nitrogens is 1. The van der Waals surface area contributed by atoms with Crippen LogP contribution in [0.1, 0.15) is 5.69 Å². The van der Waals surface area contributed by atoms with Gasteiger partial charge >= 0.3 is 0 Å². The number of phenols is 1. The summed E-state index contributed by atoms with van der Waals surface area (Å²) in [6, 6.07) is 20.2. The molecule has 0 unspecified atom stereocenters. The number of hydrogen-bond acceptors (Lipinski definition) is 4. The lowest BCUT2D eigenvalue weighted by Crippen LogP contribution is -2.13. The Balaban J connectivity index is 1.81. The quantitative estimate of drug-likeness (QED) is 0.526. The molecular weight excluding hydrogens is 328 g/mol. The van der Waals surface area contributed by atoms with Crippen LogP contribution in [0.25, 0.3) is 16.5 Å². The first-order valence-corrected chi connectivity index (χ1v) is 8.14. The molecule has 0 aliphatic heterocycles. The molecule has 26 heavy (non-hydrogen) atoms. The van der Waals surface area contributed by atoms with Crippen LogP contribution in [0.5, 0.6) is 5.75 Å². The van der Waals surface area contributed by atoms with E-state index in [0.29, 0.717) is 11.4 Å². The number of benzene rings is 3. The Bertz CT molecular complexity index is 1170. The maximum Gasteiger partial charge on any atom is 0.299 e. The molecule has 0 saturated carbocycles. The third kappa shape index (κ3) is 2.67. The van der Waals surface area contributed by atoms with E-state index in [1.807, 2.05) is 60.7 Å². The van der Waals surface area contributed by atoms with Crippen LogP contribution in [-0.2, 0) is 0 Å². The van der Waals surface area contributed by atoms with Gasteiger partial charge in [0.25, 0.3) is 5.56 Å². The van der Waals surface area contributed by atoms with Crippen molar-refractivity contribution in [3.05, 3.63) is 82.8 Å². The predicted molar refractivity (Wildman–Crippen MR) is 101 cm³/mol. The fourth-order valence-electron chi connectivity index (χ4n) is 2.86. The monoisotopic (exact) mass is 344 g/mol. The molecule has 1 aromatic heterocycles. The highest BCUT2D eigenvalue weighted by Gasteiger charge is 2.13. The van der Waals surface area contributed by atoms with Crippen LogP contribution in [0.15, 0.2) is 81.8 Å². The summed E-state index contributed by atoms with van der Waals surface area (Å²) >= 11 is 0. The molecule has 0 spiro atoms. The molecule has 0 radical (unpaired) electrons. The molecule has 6 nitrogen and oxygen atoms in total. The van der Waals surface area contributed by atoms with Crippen molar-refractivity contribution in [2.24, 2.45) is 10.2 Å². The van der Waals surface area contributed by atoms with E-state index in [1.54, 1.807) is 13.0 Å². The summed E-state index contributed by atoms with van der Waals surface area (Å²) < 4.78 is 1.42. The van der Waals surface area contributed by atoms with Gasteiger partial charge in [-0.1, -0.05) is 48.5 Å². The van der Waals surface area contributed by atoms with Gasteiger partial charge in [-0.25, -0.2) is 4.68 Å². The van der Waals surface area contributed by atoms with Crippen molar-refractivity contribution < 1.29 is 5.11 Å². The van der Waals surface area contributed by atoms with Gasteiger partial charge in [0, 0.05) is 5.39 Å². The minimum atomic E-state index is -0.294. The number of aromatic hydroxyl groups is 1. The summed E-state index contributed by atoms with van der Waals surface area (Å²) in [6.07, 6.45) is 0. The second-order valence-corrected chi connectivity index (χ2v) is 5.92. The Morgan fingerprint density at radius 2 is 1.58 bits per heavy atom. The largest absolute Gasteiger partial charge is 0.506 e. The Morgan fingerprint density at radius 3 is 2.38 bits per heavy atom. The topological polar surface area (TPSA) is 82.7 Å². The third-order valence-corrected chi connectivity index (χ3v) is 4.18.